The van der Waals surface area contributed by atoms with Crippen molar-refractivity contribution < 1.29 is 20.1 Å². The lowest BCUT2D eigenvalue weighted by atomic mass is 10.1. The second-order valence-corrected chi connectivity index (χ2v) is 4.44. The highest BCUT2D eigenvalue weighted by Crippen LogP contribution is 2.32. The number of aromatic nitrogens is 3. The van der Waals surface area contributed by atoms with Crippen LogP contribution in [0.3, 0.4) is 0 Å². The van der Waals surface area contributed by atoms with Crippen LogP contribution in [0.1, 0.15) is 6.23 Å². The normalized spacial score (nSPS) is 31.1. The van der Waals surface area contributed by atoms with Gasteiger partial charge in [0.2, 0.25) is 0 Å². The monoisotopic (exact) mass is 266 g/mol. The number of hydrogen-bond acceptors (Lipinski definition) is 7. The molecule has 1 saturated heterocycles. The topological polar surface area (TPSA) is 127 Å². The van der Waals surface area contributed by atoms with Gasteiger partial charge in [-0.05, 0) is 6.07 Å². The third-order valence-corrected chi connectivity index (χ3v) is 3.31. The molecule has 19 heavy (non-hydrogen) atoms. The van der Waals surface area contributed by atoms with Gasteiger partial charge in [-0.15, -0.1) is 0 Å². The fraction of sp³-hybridized carbons (Fsp3) is 0.455. The predicted octanol–water partition coefficient (Wildman–Crippen LogP) is -1.38. The molecule has 0 spiro atoms. The van der Waals surface area contributed by atoms with E-state index in [-0.39, 0.29) is 12.4 Å². The van der Waals surface area contributed by atoms with Crippen LogP contribution >= 0.6 is 0 Å². The van der Waals surface area contributed by atoms with Gasteiger partial charge < -0.3 is 30.4 Å². The largest absolute Gasteiger partial charge is 0.394 e. The first kappa shape index (κ1) is 12.3. The number of anilines is 1. The summed E-state index contributed by atoms with van der Waals surface area (Å²) >= 11 is 0. The molecule has 8 nitrogen and oxygen atoms in total. The van der Waals surface area contributed by atoms with E-state index in [4.69, 9.17) is 15.6 Å². The number of rotatable bonds is 2. The average molecular weight is 266 g/mol. The molecule has 3 heterocycles. The van der Waals surface area contributed by atoms with Crippen molar-refractivity contribution >= 4 is 16.9 Å². The van der Waals surface area contributed by atoms with Crippen LogP contribution < -0.4 is 5.73 Å². The van der Waals surface area contributed by atoms with Crippen molar-refractivity contribution in [2.45, 2.75) is 24.5 Å². The standard InChI is InChI=1S/C11H14N4O4/c12-10-7-5(1-2-13-10)15(4-14-7)11-9(18)8(17)6(3-16)19-11/h1-2,4,6,8-9,11,16-18H,3H2,(H2,12,13)/t6?,8?,9?,11-/m1/s1. The number of aliphatic hydroxyl groups is 3. The lowest BCUT2D eigenvalue weighted by molar-refractivity contribution is -0.0508. The third kappa shape index (κ3) is 1.77. The Labute approximate surface area is 108 Å². The van der Waals surface area contributed by atoms with Crippen LogP contribution in [0.4, 0.5) is 5.82 Å². The zero-order valence-corrected chi connectivity index (χ0v) is 9.92. The van der Waals surface area contributed by atoms with Crippen molar-refractivity contribution in [1.82, 2.24) is 14.5 Å². The molecule has 4 atom stereocenters. The Morgan fingerprint density at radius 1 is 1.32 bits per heavy atom. The first-order valence-corrected chi connectivity index (χ1v) is 5.83. The van der Waals surface area contributed by atoms with Gasteiger partial charge in [-0.2, -0.15) is 0 Å². The molecule has 8 heteroatoms. The summed E-state index contributed by atoms with van der Waals surface area (Å²) in [4.78, 5) is 8.03. The molecule has 3 unspecified atom stereocenters. The minimum atomic E-state index is -1.15. The summed E-state index contributed by atoms with van der Waals surface area (Å²) in [6, 6.07) is 1.69. The maximum absolute atomic E-state index is 9.98. The van der Waals surface area contributed by atoms with Crippen LogP contribution in [0.25, 0.3) is 11.0 Å². The number of fused-ring (bicyclic) bond motifs is 1. The van der Waals surface area contributed by atoms with Crippen LogP contribution in [-0.4, -0.2) is 54.8 Å². The maximum Gasteiger partial charge on any atom is 0.164 e. The summed E-state index contributed by atoms with van der Waals surface area (Å²) in [5.41, 5.74) is 6.85. The van der Waals surface area contributed by atoms with E-state index in [2.05, 4.69) is 9.97 Å². The molecule has 0 radical (unpaired) electrons. The molecule has 2 aromatic heterocycles. The SMILES string of the molecule is Nc1nccc2c1ncn2[C@@H]1OC(CO)C(O)C1O. The second-order valence-electron chi connectivity index (χ2n) is 4.44. The van der Waals surface area contributed by atoms with E-state index < -0.39 is 24.5 Å². The Balaban J connectivity index is 2.04. The van der Waals surface area contributed by atoms with Crippen molar-refractivity contribution in [1.29, 1.82) is 0 Å². The Hall–Kier alpha value is -1.74. The fourth-order valence-electron chi connectivity index (χ4n) is 2.29. The van der Waals surface area contributed by atoms with Gasteiger partial charge in [0, 0.05) is 6.20 Å². The summed E-state index contributed by atoms with van der Waals surface area (Å²) in [5, 5.41) is 28.8. The first-order valence-electron chi connectivity index (χ1n) is 5.83. The van der Waals surface area contributed by atoms with Crippen molar-refractivity contribution in [3.63, 3.8) is 0 Å². The van der Waals surface area contributed by atoms with Crippen LogP contribution in [0.15, 0.2) is 18.6 Å². The minimum Gasteiger partial charge on any atom is -0.394 e. The van der Waals surface area contributed by atoms with Crippen LogP contribution in [0, 0.1) is 0 Å². The van der Waals surface area contributed by atoms with E-state index in [9.17, 15) is 10.2 Å². The second kappa shape index (κ2) is 4.42. The van der Waals surface area contributed by atoms with Gasteiger partial charge in [0.1, 0.15) is 23.8 Å². The zero-order chi connectivity index (χ0) is 13.6. The number of nitrogen functional groups attached to an aromatic ring is 1. The molecule has 1 aliphatic heterocycles. The van der Waals surface area contributed by atoms with E-state index in [1.807, 2.05) is 0 Å². The highest BCUT2D eigenvalue weighted by Gasteiger charge is 2.43. The quantitative estimate of drug-likeness (QED) is 0.528. The molecular weight excluding hydrogens is 252 g/mol. The summed E-state index contributed by atoms with van der Waals surface area (Å²) < 4.78 is 7.01. The third-order valence-electron chi connectivity index (χ3n) is 3.31. The van der Waals surface area contributed by atoms with E-state index in [0.29, 0.717) is 11.0 Å². The lowest BCUT2D eigenvalue weighted by Gasteiger charge is -2.16. The average Bonchev–Trinajstić information content (AvgIpc) is 2.94. The molecule has 0 bridgehead atoms. The van der Waals surface area contributed by atoms with Gasteiger partial charge in [-0.3, -0.25) is 0 Å². The Morgan fingerprint density at radius 2 is 2.11 bits per heavy atom. The molecule has 1 aliphatic rings. The number of hydrogen-bond donors (Lipinski definition) is 4. The van der Waals surface area contributed by atoms with Gasteiger partial charge in [0.25, 0.3) is 0 Å². The number of nitrogens with zero attached hydrogens (tertiary/aromatic N) is 3. The Bertz CT molecular complexity index is 601. The maximum atomic E-state index is 9.98. The van der Waals surface area contributed by atoms with Crippen molar-refractivity contribution in [3.05, 3.63) is 18.6 Å². The summed E-state index contributed by atoms with van der Waals surface area (Å²) in [7, 11) is 0. The van der Waals surface area contributed by atoms with Crippen LogP contribution in [-0.2, 0) is 4.74 Å². The smallest absolute Gasteiger partial charge is 0.164 e. The molecule has 5 N–H and O–H groups in total. The minimum absolute atomic E-state index is 0.281. The van der Waals surface area contributed by atoms with Gasteiger partial charge in [0.15, 0.2) is 12.0 Å². The molecule has 2 aromatic rings. The molecule has 0 saturated carbocycles. The number of pyridine rings is 1. The molecule has 0 aliphatic carbocycles. The summed E-state index contributed by atoms with van der Waals surface area (Å²) in [5.74, 6) is 0.281. The predicted molar refractivity (Wildman–Crippen MR) is 64.9 cm³/mol. The van der Waals surface area contributed by atoms with Crippen LogP contribution in [0.5, 0.6) is 0 Å². The van der Waals surface area contributed by atoms with Crippen molar-refractivity contribution in [2.24, 2.45) is 0 Å². The molecule has 3 rings (SSSR count). The van der Waals surface area contributed by atoms with E-state index >= 15 is 0 Å². The van der Waals surface area contributed by atoms with Gasteiger partial charge >= 0.3 is 0 Å². The van der Waals surface area contributed by atoms with E-state index in [1.54, 1.807) is 10.6 Å². The summed E-state index contributed by atoms with van der Waals surface area (Å²) in [6.45, 7) is -0.370. The summed E-state index contributed by atoms with van der Waals surface area (Å²) in [6.07, 6.45) is -0.952. The van der Waals surface area contributed by atoms with Crippen molar-refractivity contribution in [3.8, 4) is 0 Å². The number of imidazole rings is 1. The lowest BCUT2D eigenvalue weighted by Crippen LogP contribution is -2.33. The zero-order valence-electron chi connectivity index (χ0n) is 9.92. The highest BCUT2D eigenvalue weighted by atomic mass is 16.6. The molecular formula is C11H14N4O4. The first-order chi connectivity index (χ1) is 9.13. The van der Waals surface area contributed by atoms with Crippen molar-refractivity contribution in [2.75, 3.05) is 12.3 Å². The number of aliphatic hydroxyl groups excluding tert-OH is 3. The van der Waals surface area contributed by atoms with Crippen LogP contribution in [0.2, 0.25) is 0 Å². The molecule has 102 valence electrons. The number of ether oxygens (including phenoxy) is 1. The van der Waals surface area contributed by atoms with Gasteiger partial charge in [-0.25, -0.2) is 9.97 Å². The highest BCUT2D eigenvalue weighted by molar-refractivity contribution is 5.84. The number of nitrogens with two attached hydrogens (primary N) is 1. The van der Waals surface area contributed by atoms with Gasteiger partial charge in [0.05, 0.1) is 18.5 Å². The molecule has 1 fully saturated rings. The van der Waals surface area contributed by atoms with Gasteiger partial charge in [-0.1, -0.05) is 0 Å². The Morgan fingerprint density at radius 3 is 2.79 bits per heavy atom. The fourth-order valence-corrected chi connectivity index (χ4v) is 2.29. The molecule has 0 aromatic carbocycles. The van der Waals surface area contributed by atoms with E-state index in [1.165, 1.54) is 12.5 Å². The molecule has 0 amide bonds. The van der Waals surface area contributed by atoms with E-state index in [0.717, 1.165) is 0 Å². The Kier molecular flexibility index (Phi) is 2.86.